The number of hydrogen-bond acceptors (Lipinski definition) is 1. The zero-order valence-electron chi connectivity index (χ0n) is 9.79. The molecule has 0 heterocycles. The summed E-state index contributed by atoms with van der Waals surface area (Å²) in [6.45, 7) is 4.53. The first-order chi connectivity index (χ1) is 7.63. The average Bonchev–Trinajstić information content (AvgIpc) is 2.32. The second-order valence-electron chi connectivity index (χ2n) is 4.78. The molecular weight excluding hydrogens is 264 g/mol. The number of carbonyl (C=O) groups is 1. The van der Waals surface area contributed by atoms with Crippen molar-refractivity contribution in [3.05, 3.63) is 34.9 Å². The van der Waals surface area contributed by atoms with E-state index in [9.17, 15) is 4.79 Å². The summed E-state index contributed by atoms with van der Waals surface area (Å²) in [7, 11) is 0. The summed E-state index contributed by atoms with van der Waals surface area (Å²) in [6.07, 6.45) is 2.50. The van der Waals surface area contributed by atoms with Gasteiger partial charge in [0.05, 0.1) is 5.33 Å². The third-order valence-electron chi connectivity index (χ3n) is 3.62. The molecule has 0 amide bonds. The Morgan fingerprint density at radius 2 is 1.88 bits per heavy atom. The smallest absolute Gasteiger partial charge is 0.173 e. The molecule has 0 radical (unpaired) electrons. The Bertz CT molecular complexity index is 411. The molecule has 1 nitrogen and oxygen atoms in total. The lowest BCUT2D eigenvalue weighted by atomic mass is 9.77. The maximum Gasteiger partial charge on any atom is 0.173 e. The summed E-state index contributed by atoms with van der Waals surface area (Å²) in [6, 6.07) is 6.21. The molecule has 0 saturated heterocycles. The minimum absolute atomic E-state index is 0.174. The van der Waals surface area contributed by atoms with Gasteiger partial charge in [0.15, 0.2) is 5.78 Å². The van der Waals surface area contributed by atoms with Gasteiger partial charge in [0.25, 0.3) is 0 Å². The molecule has 2 rings (SSSR count). The number of carbonyl (C=O) groups excluding carboxylic acids is 1. The van der Waals surface area contributed by atoms with Crippen molar-refractivity contribution >= 4 is 21.7 Å². The van der Waals surface area contributed by atoms with E-state index < -0.39 is 0 Å². The molecule has 1 aromatic carbocycles. The number of rotatable bonds is 2. The Balaban J connectivity index is 2.44. The highest BCUT2D eigenvalue weighted by atomic mass is 79.9. The predicted molar refractivity (Wildman–Crippen MR) is 70.6 cm³/mol. The van der Waals surface area contributed by atoms with E-state index in [4.69, 9.17) is 0 Å². The molecule has 1 aromatic rings. The summed E-state index contributed by atoms with van der Waals surface area (Å²) in [5.74, 6) is 1.40. The van der Waals surface area contributed by atoms with Gasteiger partial charge in [0.2, 0.25) is 0 Å². The van der Waals surface area contributed by atoms with E-state index in [1.165, 1.54) is 24.0 Å². The Morgan fingerprint density at radius 3 is 2.50 bits per heavy atom. The van der Waals surface area contributed by atoms with Crippen LogP contribution in [0.5, 0.6) is 0 Å². The maximum atomic E-state index is 11.6. The molecule has 2 atom stereocenters. The zero-order chi connectivity index (χ0) is 11.7. The molecule has 0 aromatic heterocycles. The van der Waals surface area contributed by atoms with Crippen LogP contribution < -0.4 is 0 Å². The number of alkyl halides is 1. The van der Waals surface area contributed by atoms with Crippen LogP contribution in [0.4, 0.5) is 0 Å². The van der Waals surface area contributed by atoms with Crippen LogP contribution in [0.3, 0.4) is 0 Å². The molecule has 0 spiro atoms. The number of benzene rings is 1. The van der Waals surface area contributed by atoms with E-state index in [1.54, 1.807) is 0 Å². The molecule has 0 N–H and O–H groups in total. The minimum Gasteiger partial charge on any atom is -0.293 e. The molecule has 86 valence electrons. The first kappa shape index (κ1) is 11.8. The molecule has 0 bridgehead atoms. The van der Waals surface area contributed by atoms with Crippen LogP contribution in [-0.2, 0) is 0 Å². The van der Waals surface area contributed by atoms with Gasteiger partial charge in [-0.1, -0.05) is 41.9 Å². The Morgan fingerprint density at radius 1 is 1.25 bits per heavy atom. The van der Waals surface area contributed by atoms with Gasteiger partial charge >= 0.3 is 0 Å². The van der Waals surface area contributed by atoms with Gasteiger partial charge in [0, 0.05) is 5.56 Å². The average molecular weight is 281 g/mol. The number of fused-ring (bicyclic) bond motifs is 1. The Hall–Kier alpha value is -0.630. The highest BCUT2D eigenvalue weighted by Crippen LogP contribution is 2.38. The molecule has 0 fully saturated rings. The van der Waals surface area contributed by atoms with Crippen molar-refractivity contribution in [3.8, 4) is 0 Å². The normalized spacial score (nSPS) is 23.9. The van der Waals surface area contributed by atoms with Crippen molar-refractivity contribution in [3.63, 3.8) is 0 Å². The first-order valence-corrected chi connectivity index (χ1v) is 6.98. The molecular formula is C14H17BrO. The van der Waals surface area contributed by atoms with Gasteiger partial charge in [-0.3, -0.25) is 4.79 Å². The fourth-order valence-electron chi connectivity index (χ4n) is 2.51. The summed E-state index contributed by atoms with van der Waals surface area (Å²) in [5.41, 5.74) is 3.66. The SMILES string of the molecule is C[C@@H]1CC[C@H](C)c2cc(C(=O)CBr)ccc21. The third kappa shape index (κ3) is 2.08. The molecule has 0 unspecified atom stereocenters. The highest BCUT2D eigenvalue weighted by Gasteiger charge is 2.22. The number of hydrogen-bond donors (Lipinski definition) is 0. The summed E-state index contributed by atoms with van der Waals surface area (Å²) in [4.78, 5) is 11.6. The zero-order valence-corrected chi connectivity index (χ0v) is 11.4. The van der Waals surface area contributed by atoms with E-state index in [2.05, 4.69) is 41.9 Å². The van der Waals surface area contributed by atoms with E-state index in [0.717, 1.165) is 5.56 Å². The molecule has 16 heavy (non-hydrogen) atoms. The van der Waals surface area contributed by atoms with Gasteiger partial charge in [-0.25, -0.2) is 0 Å². The Kier molecular flexibility index (Phi) is 3.48. The largest absolute Gasteiger partial charge is 0.293 e. The van der Waals surface area contributed by atoms with E-state index in [1.807, 2.05) is 6.07 Å². The van der Waals surface area contributed by atoms with E-state index >= 15 is 0 Å². The van der Waals surface area contributed by atoms with Crippen molar-refractivity contribution in [2.24, 2.45) is 0 Å². The van der Waals surface area contributed by atoms with E-state index in [-0.39, 0.29) is 5.78 Å². The number of Topliss-reactive ketones (excluding diaryl/α,β-unsaturated/α-hetero) is 1. The molecule has 0 saturated carbocycles. The minimum atomic E-state index is 0.174. The van der Waals surface area contributed by atoms with Crippen LogP contribution >= 0.6 is 15.9 Å². The van der Waals surface area contributed by atoms with Crippen LogP contribution in [0.15, 0.2) is 18.2 Å². The lowest BCUT2D eigenvalue weighted by molar-refractivity contribution is 0.102. The topological polar surface area (TPSA) is 17.1 Å². The summed E-state index contributed by atoms with van der Waals surface area (Å²) in [5, 5.41) is 0.412. The van der Waals surface area contributed by atoms with Crippen molar-refractivity contribution < 1.29 is 4.79 Å². The monoisotopic (exact) mass is 280 g/mol. The van der Waals surface area contributed by atoms with Crippen molar-refractivity contribution in [2.75, 3.05) is 5.33 Å². The lowest BCUT2D eigenvalue weighted by Crippen LogP contribution is -2.12. The van der Waals surface area contributed by atoms with Gasteiger partial charge < -0.3 is 0 Å². The van der Waals surface area contributed by atoms with Gasteiger partial charge in [-0.2, -0.15) is 0 Å². The fourth-order valence-corrected chi connectivity index (χ4v) is 2.84. The van der Waals surface area contributed by atoms with E-state index in [0.29, 0.717) is 17.2 Å². The standard InChI is InChI=1S/C14H17BrO/c1-9-3-4-10(2)13-7-11(14(16)8-15)5-6-12(9)13/h5-7,9-10H,3-4,8H2,1-2H3/t9-,10+/m1/s1. The fraction of sp³-hybridized carbons (Fsp3) is 0.500. The van der Waals surface area contributed by atoms with Crippen molar-refractivity contribution in [1.82, 2.24) is 0 Å². The second kappa shape index (κ2) is 4.70. The molecule has 2 heteroatoms. The Labute approximate surface area is 105 Å². The molecule has 1 aliphatic carbocycles. The summed E-state index contributed by atoms with van der Waals surface area (Å²) < 4.78 is 0. The van der Waals surface area contributed by atoms with Crippen molar-refractivity contribution in [2.45, 2.75) is 38.5 Å². The van der Waals surface area contributed by atoms with Crippen LogP contribution in [0, 0.1) is 0 Å². The van der Waals surface area contributed by atoms with Crippen LogP contribution in [-0.4, -0.2) is 11.1 Å². The molecule has 1 aliphatic rings. The van der Waals surface area contributed by atoms with Crippen LogP contribution in [0.2, 0.25) is 0 Å². The lowest BCUT2D eigenvalue weighted by Gasteiger charge is -2.27. The van der Waals surface area contributed by atoms with Crippen LogP contribution in [0.25, 0.3) is 0 Å². The van der Waals surface area contributed by atoms with Gasteiger partial charge in [-0.15, -0.1) is 0 Å². The van der Waals surface area contributed by atoms with Crippen molar-refractivity contribution in [1.29, 1.82) is 0 Å². The number of halogens is 1. The predicted octanol–water partition coefficient (Wildman–Crippen LogP) is 4.27. The summed E-state index contributed by atoms with van der Waals surface area (Å²) >= 11 is 3.22. The van der Waals surface area contributed by atoms with Gasteiger partial charge in [0.1, 0.15) is 0 Å². The second-order valence-corrected chi connectivity index (χ2v) is 5.34. The molecule has 0 aliphatic heterocycles. The quantitative estimate of drug-likeness (QED) is 0.584. The van der Waals surface area contributed by atoms with Gasteiger partial charge in [-0.05, 0) is 41.9 Å². The maximum absolute atomic E-state index is 11.6. The first-order valence-electron chi connectivity index (χ1n) is 5.86. The third-order valence-corrected chi connectivity index (χ3v) is 4.13. The number of ketones is 1. The highest BCUT2D eigenvalue weighted by molar-refractivity contribution is 9.09. The van der Waals surface area contributed by atoms with Crippen LogP contribution in [0.1, 0.15) is 60.0 Å².